The molecule has 5 N–H and O–H groups in total. The van der Waals surface area contributed by atoms with Crippen molar-refractivity contribution >= 4 is 71.1 Å². The minimum atomic E-state index is -1.69. The maximum atomic E-state index is 15.4. The quantitative estimate of drug-likeness (QED) is 0.138. The minimum absolute atomic E-state index is 0.0733. The number of nitrogens with one attached hydrogen (secondary N) is 4. The molecule has 14 atom stereocenters. The minimum Gasteiger partial charge on any atom is -0.444 e. The summed E-state index contributed by atoms with van der Waals surface area (Å²) in [5.74, 6) is -10.5. The van der Waals surface area contributed by atoms with E-state index in [0.717, 1.165) is 4.90 Å². The summed E-state index contributed by atoms with van der Waals surface area (Å²) in [5.41, 5.74) is 0. The second-order valence-electron chi connectivity index (χ2n) is 28.5. The Kier molecular flexibility index (Phi) is 32.5. The highest BCUT2D eigenvalue weighted by atomic mass is 16.6. The first-order valence-electron chi connectivity index (χ1n) is 33.3. The number of aliphatic hydroxyl groups is 1. The molecular formula is C67H118N12O14. The van der Waals surface area contributed by atoms with Crippen molar-refractivity contribution < 1.29 is 67.4 Å². The van der Waals surface area contributed by atoms with Crippen molar-refractivity contribution in [2.24, 2.45) is 41.4 Å². The maximum Gasteiger partial charge on any atom is 0.409 e. The molecule has 0 aliphatic carbocycles. The van der Waals surface area contributed by atoms with Crippen molar-refractivity contribution in [2.45, 2.75) is 241 Å². The van der Waals surface area contributed by atoms with Crippen molar-refractivity contribution in [2.75, 3.05) is 62.9 Å². The summed E-state index contributed by atoms with van der Waals surface area (Å²) in [4.78, 5) is 187. The number of aliphatic hydroxyl groups excluding tert-OH is 1. The molecule has 1 unspecified atom stereocenters. The molecule has 0 radical (unpaired) electrons. The molecule has 26 heteroatoms. The lowest BCUT2D eigenvalue weighted by Gasteiger charge is -2.41. The van der Waals surface area contributed by atoms with Gasteiger partial charge in [-0.25, -0.2) is 4.79 Å². The second kappa shape index (κ2) is 36.7. The van der Waals surface area contributed by atoms with Gasteiger partial charge in [-0.15, -0.1) is 0 Å². The predicted octanol–water partition coefficient (Wildman–Crippen LogP) is 3.48. The van der Waals surface area contributed by atoms with Crippen LogP contribution >= 0.6 is 0 Å². The molecule has 2 fully saturated rings. The number of ether oxygens (including phenoxy) is 1. The molecule has 2 saturated heterocycles. The number of carbonyl (C=O) groups is 12. The first kappa shape index (κ1) is 82.2. The van der Waals surface area contributed by atoms with E-state index in [0.29, 0.717) is 0 Å². The number of allylic oxidation sites excluding steroid dienone is 2. The van der Waals surface area contributed by atoms with Gasteiger partial charge in [-0.3, -0.25) is 52.7 Å². The number of nitrogens with zero attached hydrogens (tertiary/aromatic N) is 8. The van der Waals surface area contributed by atoms with Crippen LogP contribution in [0.2, 0.25) is 0 Å². The Hall–Kier alpha value is -6.86. The van der Waals surface area contributed by atoms with E-state index in [1.165, 1.54) is 105 Å². The Morgan fingerprint density at radius 2 is 0.957 bits per heavy atom. The molecule has 2 rings (SSSR count). The molecule has 93 heavy (non-hydrogen) atoms. The normalized spacial score (nSPS) is 27.7. The first-order valence-corrected chi connectivity index (χ1v) is 33.3. The van der Waals surface area contributed by atoms with Gasteiger partial charge in [-0.2, -0.15) is 0 Å². The van der Waals surface area contributed by atoms with E-state index in [2.05, 4.69) is 21.3 Å². The van der Waals surface area contributed by atoms with Crippen molar-refractivity contribution in [3.05, 3.63) is 12.2 Å². The summed E-state index contributed by atoms with van der Waals surface area (Å²) in [7, 11) is 11.4. The lowest BCUT2D eigenvalue weighted by atomic mass is 9.91. The van der Waals surface area contributed by atoms with E-state index in [4.69, 9.17) is 4.74 Å². The molecule has 0 spiro atoms. The van der Waals surface area contributed by atoms with Gasteiger partial charge in [0.05, 0.1) is 12.6 Å². The van der Waals surface area contributed by atoms with Crippen LogP contribution in [-0.2, 0) is 57.5 Å². The Bertz CT molecular complexity index is 2630. The fourth-order valence-corrected chi connectivity index (χ4v) is 12.0. The molecule has 530 valence electrons. The standard InChI is InChI=1S/C67H118N12O14/c1-26-28-29-42(15)55(80)54-59(84)70-46(27-2)61(86)79-35-45(93-67(92)72(18)19)34-51(79)64(89)73(20)48(31-37(5)6)58(83)71-52(40(11)12)65(90)74(21)47(30-36(3)4)57(82)68-43(16)56(81)69-44(17)60(85)75(22)49(32-38(7)8)62(87)76(23)50(33-39(9)10)63(88)77(24)53(41(13)14)66(91)78(54)25/h26,28,36-55,80H,27,29-35H2,1-25H3,(H,68,82)(H,69,81)(H,70,84)(H,71,83)/b28-26+/t42-,43+,44-,45?,46+,47+,48+,49+,50+,51-,52+,53+,54+,55-/m1/s1. The summed E-state index contributed by atoms with van der Waals surface area (Å²) < 4.78 is 5.79. The van der Waals surface area contributed by atoms with E-state index in [9.17, 15) is 33.9 Å². The van der Waals surface area contributed by atoms with Crippen LogP contribution in [0.3, 0.4) is 0 Å². The van der Waals surface area contributed by atoms with Gasteiger partial charge in [-0.05, 0) is 101 Å². The lowest BCUT2D eigenvalue weighted by molar-refractivity contribution is -0.157. The third-order valence-electron chi connectivity index (χ3n) is 17.7. The van der Waals surface area contributed by atoms with E-state index in [1.54, 1.807) is 60.6 Å². The van der Waals surface area contributed by atoms with Crippen LogP contribution in [0.4, 0.5) is 4.79 Å². The number of hydrogen-bond donors (Lipinski definition) is 5. The summed E-state index contributed by atoms with van der Waals surface area (Å²) in [6.07, 6.45) is 0.622. The molecule has 0 aromatic carbocycles. The van der Waals surface area contributed by atoms with Crippen LogP contribution in [0.5, 0.6) is 0 Å². The van der Waals surface area contributed by atoms with Gasteiger partial charge in [0.15, 0.2) is 0 Å². The zero-order chi connectivity index (χ0) is 71.7. The monoisotopic (exact) mass is 1310 g/mol. The van der Waals surface area contributed by atoms with Crippen molar-refractivity contribution in [1.29, 1.82) is 0 Å². The molecule has 0 bridgehead atoms. The fourth-order valence-electron chi connectivity index (χ4n) is 12.0. The highest BCUT2D eigenvalue weighted by molar-refractivity contribution is 6.00. The highest BCUT2D eigenvalue weighted by Gasteiger charge is 2.49. The van der Waals surface area contributed by atoms with Gasteiger partial charge in [0, 0.05) is 62.8 Å². The van der Waals surface area contributed by atoms with Crippen molar-refractivity contribution in [1.82, 2.24) is 60.5 Å². The van der Waals surface area contributed by atoms with Gasteiger partial charge in [0.25, 0.3) is 0 Å². The van der Waals surface area contributed by atoms with Crippen LogP contribution in [0.25, 0.3) is 0 Å². The number of carbonyl (C=O) groups excluding carboxylic acids is 12. The topological polar surface area (TPSA) is 308 Å². The zero-order valence-electron chi connectivity index (χ0n) is 60.7. The molecule has 0 aromatic heterocycles. The molecule has 2 aliphatic heterocycles. The Morgan fingerprint density at radius 3 is 1.41 bits per heavy atom. The Morgan fingerprint density at radius 1 is 0.527 bits per heavy atom. The molecule has 26 nitrogen and oxygen atoms in total. The number of amides is 12. The summed E-state index contributed by atoms with van der Waals surface area (Å²) in [5, 5.41) is 23.3. The second-order valence-corrected chi connectivity index (χ2v) is 28.5. The van der Waals surface area contributed by atoms with E-state index >= 15 is 28.8 Å². The van der Waals surface area contributed by atoms with Gasteiger partial charge < -0.3 is 70.3 Å². The number of fused-ring (bicyclic) bond motifs is 1. The SMILES string of the molecule is C/C=C/C[C@@H](C)[C@@H](O)[C@H]1C(=O)N[C@@H](CC)C(=O)N2CC(OC(=O)N(C)C)C[C@@H]2C(=O)N(C)[C@@H](CC(C)C)C(=O)N[C@@H](C(C)C)C(=O)N(C)[C@@H](CC(C)C)C(=O)N[C@@H](C)C(=O)N[C@H](C)C(=O)N(C)[C@@H](CC(C)C)C(=O)N(C)[C@@H](CC(C)C)C(=O)N(C)[C@@H](C(C)C)C(=O)N1C. The molecule has 0 aromatic rings. The average Bonchev–Trinajstić information content (AvgIpc) is 1.79. The zero-order valence-corrected chi connectivity index (χ0v) is 60.7. The van der Waals surface area contributed by atoms with Gasteiger partial charge in [0.1, 0.15) is 72.6 Å². The largest absolute Gasteiger partial charge is 0.444 e. The van der Waals surface area contributed by atoms with Crippen LogP contribution in [0.1, 0.15) is 163 Å². The summed E-state index contributed by atoms with van der Waals surface area (Å²) >= 11 is 0. The van der Waals surface area contributed by atoms with E-state index in [-0.39, 0.29) is 75.2 Å². The highest BCUT2D eigenvalue weighted by Crippen LogP contribution is 2.29. The summed E-state index contributed by atoms with van der Waals surface area (Å²) in [6, 6.07) is -14.3. The third kappa shape index (κ3) is 22.1. The molecular weight excluding hydrogens is 1200 g/mol. The van der Waals surface area contributed by atoms with E-state index < -0.39 is 167 Å². The van der Waals surface area contributed by atoms with E-state index in [1.807, 2.05) is 55.4 Å². The number of rotatable bonds is 16. The van der Waals surface area contributed by atoms with Crippen LogP contribution in [0.15, 0.2) is 12.2 Å². The Balaban J connectivity index is 3.13. The smallest absolute Gasteiger partial charge is 0.409 e. The van der Waals surface area contributed by atoms with Gasteiger partial charge in [-0.1, -0.05) is 109 Å². The maximum absolute atomic E-state index is 15.4. The molecule has 0 saturated carbocycles. The molecule has 2 heterocycles. The van der Waals surface area contributed by atoms with Gasteiger partial charge >= 0.3 is 6.09 Å². The van der Waals surface area contributed by atoms with Crippen LogP contribution in [0, 0.1) is 41.4 Å². The lowest BCUT2D eigenvalue weighted by Crippen LogP contribution is -2.64. The number of likely N-dealkylation sites (N-methyl/N-ethyl adjacent to an activating group) is 6. The third-order valence-corrected chi connectivity index (χ3v) is 17.7. The van der Waals surface area contributed by atoms with Crippen molar-refractivity contribution in [3.8, 4) is 0 Å². The average molecular weight is 1320 g/mol. The van der Waals surface area contributed by atoms with Gasteiger partial charge in [0.2, 0.25) is 65.0 Å². The number of hydrogen-bond acceptors (Lipinski definition) is 14. The van der Waals surface area contributed by atoms with Crippen molar-refractivity contribution in [3.63, 3.8) is 0 Å². The predicted molar refractivity (Wildman–Crippen MR) is 355 cm³/mol. The molecule has 12 amide bonds. The summed E-state index contributed by atoms with van der Waals surface area (Å²) in [6.45, 7) is 29.3. The fraction of sp³-hybridized carbons (Fsp3) is 0.791. The van der Waals surface area contributed by atoms with Crippen LogP contribution < -0.4 is 21.3 Å². The Labute approximate surface area is 554 Å². The molecule has 2 aliphatic rings. The van der Waals surface area contributed by atoms with Crippen LogP contribution in [-0.4, -0.2) is 257 Å². The first-order chi connectivity index (χ1) is 43.0.